The number of anilines is 2. The molecule has 0 saturated heterocycles. The van der Waals surface area contributed by atoms with Gasteiger partial charge in [-0.2, -0.15) is 0 Å². The van der Waals surface area contributed by atoms with Crippen molar-refractivity contribution in [3.8, 4) is 0 Å². The molecule has 2 aromatic heterocycles. The molecule has 2 aromatic rings. The molecule has 2 fully saturated rings. The fourth-order valence-corrected chi connectivity index (χ4v) is 5.80. The van der Waals surface area contributed by atoms with Gasteiger partial charge in [-0.15, -0.1) is 0 Å². The summed E-state index contributed by atoms with van der Waals surface area (Å²) in [5.74, 6) is 1.14. The van der Waals surface area contributed by atoms with E-state index in [1.54, 1.807) is 0 Å². The normalized spacial score (nSPS) is 17.5. The molecule has 0 spiro atoms. The van der Waals surface area contributed by atoms with Gasteiger partial charge in [0.2, 0.25) is 10.6 Å². The van der Waals surface area contributed by atoms with Gasteiger partial charge >= 0.3 is 41.5 Å². The summed E-state index contributed by atoms with van der Waals surface area (Å²) in [7, 11) is 1.90. The number of ether oxygens (including phenoxy) is 2. The maximum Gasteiger partial charge on any atom is 1.00 e. The maximum atomic E-state index is 12.2. The van der Waals surface area contributed by atoms with Crippen molar-refractivity contribution in [1.29, 1.82) is 0 Å². The summed E-state index contributed by atoms with van der Waals surface area (Å²) < 4.78 is 10.3. The van der Waals surface area contributed by atoms with Gasteiger partial charge in [0.25, 0.3) is 0 Å². The van der Waals surface area contributed by atoms with E-state index in [0.29, 0.717) is 19.0 Å². The summed E-state index contributed by atoms with van der Waals surface area (Å²) in [6, 6.07) is 0. The molecule has 226 valence electrons. The number of hydrogen-bond acceptors (Lipinski definition) is 10. The Balaban J connectivity index is 0.000000272. The van der Waals surface area contributed by atoms with E-state index in [4.69, 9.17) is 32.7 Å². The third-order valence-electron chi connectivity index (χ3n) is 7.90. The Morgan fingerprint density at radius 3 is 1.93 bits per heavy atom. The van der Waals surface area contributed by atoms with Gasteiger partial charge in [-0.3, -0.25) is 0 Å². The van der Waals surface area contributed by atoms with E-state index in [0.717, 1.165) is 92.5 Å². The molecule has 0 unspecified atom stereocenters. The average molecular weight is 743 g/mol. The summed E-state index contributed by atoms with van der Waals surface area (Å²) in [6.45, 7) is 4.43. The van der Waals surface area contributed by atoms with Crippen LogP contribution in [0, 0.1) is 0 Å². The van der Waals surface area contributed by atoms with E-state index < -0.39 is 11.1 Å². The molecule has 0 amide bonds. The fourth-order valence-electron chi connectivity index (χ4n) is 5.43. The molecule has 42 heavy (non-hydrogen) atoms. The van der Waals surface area contributed by atoms with Crippen molar-refractivity contribution in [3.63, 3.8) is 0 Å². The quantitative estimate of drug-likeness (QED) is 0.142. The number of fused-ring (bicyclic) bond motifs is 2. The van der Waals surface area contributed by atoms with Crippen LogP contribution in [-0.4, -0.2) is 68.1 Å². The topological polar surface area (TPSA) is 119 Å². The van der Waals surface area contributed by atoms with Crippen LogP contribution in [0.15, 0.2) is 0 Å². The van der Waals surface area contributed by atoms with Gasteiger partial charge < -0.3 is 21.1 Å². The second-order valence-electron chi connectivity index (χ2n) is 10.5. The molecule has 2 saturated carbocycles. The van der Waals surface area contributed by atoms with Crippen LogP contribution in [0.4, 0.5) is 11.6 Å². The molecule has 0 aromatic carbocycles. The molecular weight excluding hydrogens is 705 g/mol. The summed E-state index contributed by atoms with van der Waals surface area (Å²) in [5.41, 5.74) is 3.11. The minimum atomic E-state index is -0.593. The van der Waals surface area contributed by atoms with E-state index in [-0.39, 0.29) is 53.5 Å². The van der Waals surface area contributed by atoms with Crippen LogP contribution in [0.2, 0.25) is 10.6 Å². The number of nitrogens with zero attached hydrogens (tertiary/aromatic N) is 5. The molecule has 0 bridgehead atoms. The minimum Gasteiger partial charge on any atom is -1.00 e. The number of likely N-dealkylation sites (N-methyl/N-ethyl adjacent to an activating group) is 1. The summed E-state index contributed by atoms with van der Waals surface area (Å²) in [6.07, 6.45) is 9.05. The Hall–Kier alpha value is -0.990. The van der Waals surface area contributed by atoms with Crippen LogP contribution in [0.3, 0.4) is 0 Å². The second-order valence-corrected chi connectivity index (χ2v) is 11.1. The van der Waals surface area contributed by atoms with Crippen molar-refractivity contribution in [2.45, 2.75) is 89.1 Å². The Morgan fingerprint density at radius 1 is 0.857 bits per heavy atom. The molecule has 2 heterocycles. The molecule has 14 heteroatoms. The Morgan fingerprint density at radius 2 is 1.38 bits per heavy atom. The van der Waals surface area contributed by atoms with Crippen LogP contribution >= 0.6 is 45.8 Å². The zero-order chi connectivity index (χ0) is 29.8. The first-order valence-electron chi connectivity index (χ1n) is 14.1. The van der Waals surface area contributed by atoms with Crippen molar-refractivity contribution in [3.05, 3.63) is 33.1 Å². The van der Waals surface area contributed by atoms with Crippen LogP contribution in [0.5, 0.6) is 0 Å². The number of esters is 2. The molecule has 0 atom stereocenters. The number of halogens is 3. The molecule has 10 nitrogen and oxygen atoms in total. The van der Waals surface area contributed by atoms with Crippen LogP contribution in [-0.2, 0) is 44.7 Å². The zero-order valence-electron chi connectivity index (χ0n) is 26.0. The van der Waals surface area contributed by atoms with Crippen molar-refractivity contribution in [2.75, 3.05) is 35.4 Å². The maximum absolute atomic E-state index is 12.2. The average Bonchev–Trinajstić information content (AvgIpc) is 3.83. The Kier molecular flexibility index (Phi) is 13.0. The van der Waals surface area contributed by atoms with Gasteiger partial charge in [0.15, 0.2) is 0 Å². The first kappa shape index (κ1) is 35.5. The standard InChI is InChI=1S/C14H18ClN3O2.C13H16ClN3O2.CH3I.Na.H/c1-3-20-12(19)14(7-8-14)18(2)11-9-5-4-6-10(9)16-13(15)17-11;1-2-19-11(18)13(6-7-13)17-10-8-4-3-5-9(8)15-12(14)16-10;1-2;;/h3-8H2,1-2H3;2-7H2,1H3,(H,15,16,17);1H3;;/q;;;+1;-1. The van der Waals surface area contributed by atoms with Gasteiger partial charge in [0.05, 0.1) is 24.6 Å². The van der Waals surface area contributed by atoms with Crippen LogP contribution in [0.25, 0.3) is 0 Å². The molecule has 0 aliphatic heterocycles. The monoisotopic (exact) mass is 742 g/mol. The van der Waals surface area contributed by atoms with E-state index in [2.05, 4.69) is 47.8 Å². The fraction of sp³-hybridized carbons (Fsp3) is 0.643. The van der Waals surface area contributed by atoms with Crippen molar-refractivity contribution in [1.82, 2.24) is 19.9 Å². The number of aromatic nitrogens is 4. The number of hydrogen-bond donors (Lipinski definition) is 1. The van der Waals surface area contributed by atoms with Gasteiger partial charge in [-0.1, -0.05) is 22.6 Å². The number of nitrogens with one attached hydrogen (secondary N) is 1. The van der Waals surface area contributed by atoms with Gasteiger partial charge in [-0.05, 0) is 106 Å². The molecule has 1 N–H and O–H groups in total. The number of aryl methyl sites for hydroxylation is 2. The largest absolute Gasteiger partial charge is 1.00 e. The molecule has 6 rings (SSSR count). The first-order chi connectivity index (χ1) is 19.7. The molecule has 0 radical (unpaired) electrons. The zero-order valence-corrected chi connectivity index (χ0v) is 30.7. The smallest absolute Gasteiger partial charge is 1.00 e. The van der Waals surface area contributed by atoms with Crippen LogP contribution < -0.4 is 39.8 Å². The Labute approximate surface area is 294 Å². The third kappa shape index (κ3) is 7.62. The predicted octanol–water partition coefficient (Wildman–Crippen LogP) is 2.44. The Bertz CT molecular complexity index is 1300. The van der Waals surface area contributed by atoms with Gasteiger partial charge in [0, 0.05) is 18.2 Å². The van der Waals surface area contributed by atoms with Crippen molar-refractivity contribution < 1.29 is 50.0 Å². The number of carbonyl (C=O) groups is 2. The number of alkyl halides is 1. The van der Waals surface area contributed by atoms with E-state index in [1.165, 1.54) is 0 Å². The van der Waals surface area contributed by atoms with Crippen molar-refractivity contribution >= 4 is 69.4 Å². The van der Waals surface area contributed by atoms with E-state index in [1.807, 2.05) is 30.7 Å². The van der Waals surface area contributed by atoms with E-state index >= 15 is 0 Å². The minimum absolute atomic E-state index is 0. The van der Waals surface area contributed by atoms with Crippen LogP contribution in [0.1, 0.15) is 76.3 Å². The summed E-state index contributed by atoms with van der Waals surface area (Å²) in [5, 5.41) is 3.74. The molecule has 4 aliphatic rings. The molecule has 4 aliphatic carbocycles. The summed E-state index contributed by atoms with van der Waals surface area (Å²) in [4.78, 5) is 45.2. The predicted molar refractivity (Wildman–Crippen MR) is 168 cm³/mol. The SMILES string of the molecule is CCOC(=O)C1(N(C)c2nc(Cl)nc3c2CCC3)CC1.CCOC(=O)C1(Nc2nc(Cl)nc3c2CCC3)CC1.CI.[H-].[Na+]. The first-order valence-corrected chi connectivity index (χ1v) is 17.0. The second kappa shape index (κ2) is 15.3. The summed E-state index contributed by atoms with van der Waals surface area (Å²) >= 11 is 14.1. The van der Waals surface area contributed by atoms with Gasteiger partial charge in [0.1, 0.15) is 22.7 Å². The van der Waals surface area contributed by atoms with Gasteiger partial charge in [-0.25, -0.2) is 29.5 Å². The molecular formula is C28H38Cl2IN6NaO4. The number of rotatable bonds is 8. The third-order valence-corrected chi connectivity index (χ3v) is 8.24. The van der Waals surface area contributed by atoms with Crippen molar-refractivity contribution in [2.24, 2.45) is 0 Å². The number of carbonyl (C=O) groups excluding carboxylic acids is 2. The van der Waals surface area contributed by atoms with E-state index in [9.17, 15) is 9.59 Å².